The Morgan fingerprint density at radius 3 is 2.41 bits per heavy atom. The van der Waals surface area contributed by atoms with Gasteiger partial charge in [0.05, 0.1) is 11.9 Å². The third kappa shape index (κ3) is 4.77. The van der Waals surface area contributed by atoms with Crippen molar-refractivity contribution in [3.63, 3.8) is 0 Å². The Morgan fingerprint density at radius 2 is 1.78 bits per heavy atom. The van der Waals surface area contributed by atoms with Gasteiger partial charge in [0.25, 0.3) is 5.22 Å². The highest BCUT2D eigenvalue weighted by atomic mass is 32.2. The molecule has 140 valence electrons. The summed E-state index contributed by atoms with van der Waals surface area (Å²) in [6.07, 6.45) is 0.953. The monoisotopic (exact) mass is 382 g/mol. The molecule has 0 fully saturated rings. The summed E-state index contributed by atoms with van der Waals surface area (Å²) in [6.45, 7) is 6.50. The Balaban J connectivity index is 1.66. The van der Waals surface area contributed by atoms with E-state index in [1.165, 1.54) is 17.3 Å². The SMILES string of the molecule is CCOc1ccc(-c2nnc(SC(C)C(=O)c3ccc(CC)cc3)o2)cc1. The second-order valence-corrected chi connectivity index (χ2v) is 7.30. The first-order valence-corrected chi connectivity index (χ1v) is 9.85. The predicted molar refractivity (Wildman–Crippen MR) is 106 cm³/mol. The van der Waals surface area contributed by atoms with Crippen molar-refractivity contribution in [3.05, 3.63) is 59.7 Å². The summed E-state index contributed by atoms with van der Waals surface area (Å²) in [5.74, 6) is 1.26. The molecule has 0 saturated carbocycles. The maximum Gasteiger partial charge on any atom is 0.277 e. The molecule has 27 heavy (non-hydrogen) atoms. The van der Waals surface area contributed by atoms with Crippen molar-refractivity contribution in [2.24, 2.45) is 0 Å². The number of hydrogen-bond acceptors (Lipinski definition) is 6. The summed E-state index contributed by atoms with van der Waals surface area (Å²) in [4.78, 5) is 12.6. The lowest BCUT2D eigenvalue weighted by Gasteiger charge is -2.08. The quantitative estimate of drug-likeness (QED) is 0.401. The zero-order valence-corrected chi connectivity index (χ0v) is 16.5. The normalized spacial score (nSPS) is 12.0. The topological polar surface area (TPSA) is 65.2 Å². The molecule has 5 nitrogen and oxygen atoms in total. The van der Waals surface area contributed by atoms with Crippen molar-refractivity contribution in [3.8, 4) is 17.2 Å². The number of aryl methyl sites for hydroxylation is 1. The maximum absolute atomic E-state index is 12.6. The summed E-state index contributed by atoms with van der Waals surface area (Å²) in [5.41, 5.74) is 2.72. The third-order valence-corrected chi connectivity index (χ3v) is 5.05. The number of ketones is 1. The molecule has 0 amide bonds. The van der Waals surface area contributed by atoms with Crippen LogP contribution in [0, 0.1) is 0 Å². The highest BCUT2D eigenvalue weighted by molar-refractivity contribution is 8.00. The summed E-state index contributed by atoms with van der Waals surface area (Å²) in [6, 6.07) is 15.2. The molecule has 0 aliphatic rings. The summed E-state index contributed by atoms with van der Waals surface area (Å²) < 4.78 is 11.1. The number of aromatic nitrogens is 2. The van der Waals surface area contributed by atoms with Crippen LogP contribution in [0.25, 0.3) is 11.5 Å². The van der Waals surface area contributed by atoms with Crippen molar-refractivity contribution in [1.29, 1.82) is 0 Å². The molecule has 0 aliphatic carbocycles. The molecule has 0 aliphatic heterocycles. The van der Waals surface area contributed by atoms with Gasteiger partial charge < -0.3 is 9.15 Å². The average Bonchev–Trinajstić information content (AvgIpc) is 3.16. The molecule has 1 unspecified atom stereocenters. The van der Waals surface area contributed by atoms with Gasteiger partial charge in [0.1, 0.15) is 5.75 Å². The Hall–Kier alpha value is -2.60. The number of carbonyl (C=O) groups is 1. The van der Waals surface area contributed by atoms with E-state index in [2.05, 4.69) is 17.1 Å². The van der Waals surface area contributed by atoms with Gasteiger partial charge in [-0.2, -0.15) is 0 Å². The first-order chi connectivity index (χ1) is 13.1. The number of ether oxygens (including phenoxy) is 1. The minimum absolute atomic E-state index is 0.0449. The van der Waals surface area contributed by atoms with Gasteiger partial charge in [-0.25, -0.2) is 0 Å². The summed E-state index contributed by atoms with van der Waals surface area (Å²) >= 11 is 1.27. The van der Waals surface area contributed by atoms with Crippen LogP contribution in [0.15, 0.2) is 58.2 Å². The van der Waals surface area contributed by atoms with Gasteiger partial charge in [-0.05, 0) is 50.1 Å². The van der Waals surface area contributed by atoms with Gasteiger partial charge in [-0.1, -0.05) is 43.0 Å². The van der Waals surface area contributed by atoms with Crippen molar-refractivity contribution in [1.82, 2.24) is 10.2 Å². The maximum atomic E-state index is 12.6. The zero-order valence-electron chi connectivity index (χ0n) is 15.6. The van der Waals surface area contributed by atoms with Crippen LogP contribution >= 0.6 is 11.8 Å². The Kier molecular flexibility index (Phi) is 6.29. The van der Waals surface area contributed by atoms with Crippen molar-refractivity contribution >= 4 is 17.5 Å². The molecule has 6 heteroatoms. The van der Waals surface area contributed by atoms with Gasteiger partial charge in [0, 0.05) is 11.1 Å². The number of carbonyl (C=O) groups excluding carboxylic acids is 1. The molecule has 0 radical (unpaired) electrons. The van der Waals surface area contributed by atoms with E-state index in [1.807, 2.05) is 62.4 Å². The molecule has 3 aromatic rings. The van der Waals surface area contributed by atoms with Gasteiger partial charge in [-0.15, -0.1) is 10.2 Å². The molecule has 1 atom stereocenters. The van der Waals surface area contributed by atoms with E-state index < -0.39 is 0 Å². The first kappa shape index (κ1) is 19.2. The molecule has 0 spiro atoms. The fraction of sp³-hybridized carbons (Fsp3) is 0.286. The first-order valence-electron chi connectivity index (χ1n) is 8.97. The number of rotatable bonds is 8. The minimum atomic E-state index is -0.314. The Labute approximate surface area is 163 Å². The van der Waals surface area contributed by atoms with Crippen LogP contribution < -0.4 is 4.74 Å². The average molecular weight is 382 g/mol. The van der Waals surface area contributed by atoms with Crippen LogP contribution in [-0.2, 0) is 6.42 Å². The Morgan fingerprint density at radius 1 is 1.07 bits per heavy atom. The van der Waals surface area contributed by atoms with Gasteiger partial charge in [0.15, 0.2) is 5.78 Å². The second-order valence-electron chi connectivity index (χ2n) is 6.01. The van der Waals surface area contributed by atoms with E-state index in [9.17, 15) is 4.79 Å². The minimum Gasteiger partial charge on any atom is -0.494 e. The van der Waals surface area contributed by atoms with E-state index >= 15 is 0 Å². The van der Waals surface area contributed by atoms with Crippen LogP contribution in [0.4, 0.5) is 0 Å². The standard InChI is InChI=1S/C21H22N2O3S/c1-4-15-6-8-16(9-7-15)19(24)14(3)27-21-23-22-20(26-21)17-10-12-18(13-11-17)25-5-2/h6-14H,4-5H2,1-3H3. The van der Waals surface area contributed by atoms with Crippen LogP contribution in [0.1, 0.15) is 36.7 Å². The van der Waals surface area contributed by atoms with E-state index in [-0.39, 0.29) is 11.0 Å². The van der Waals surface area contributed by atoms with Gasteiger partial charge >= 0.3 is 0 Å². The molecule has 3 rings (SSSR count). The lowest BCUT2D eigenvalue weighted by molar-refractivity contribution is 0.0993. The molecular formula is C21H22N2O3S. The van der Waals surface area contributed by atoms with Crippen molar-refractivity contribution in [2.75, 3.05) is 6.61 Å². The van der Waals surface area contributed by atoms with E-state index in [0.717, 1.165) is 17.7 Å². The fourth-order valence-electron chi connectivity index (χ4n) is 2.58. The number of thioether (sulfide) groups is 1. The van der Waals surface area contributed by atoms with Gasteiger partial charge in [0.2, 0.25) is 5.89 Å². The van der Waals surface area contributed by atoms with E-state index in [1.54, 1.807) is 0 Å². The molecule has 1 heterocycles. The fourth-order valence-corrected chi connectivity index (χ4v) is 3.34. The predicted octanol–water partition coefficient (Wildman–Crippen LogP) is 5.06. The van der Waals surface area contributed by atoms with E-state index in [4.69, 9.17) is 9.15 Å². The lowest BCUT2D eigenvalue weighted by Crippen LogP contribution is -2.13. The third-order valence-electron chi connectivity index (χ3n) is 4.11. The zero-order chi connectivity index (χ0) is 19.2. The number of Topliss-reactive ketones (excluding diaryl/α,β-unsaturated/α-hetero) is 1. The largest absolute Gasteiger partial charge is 0.494 e. The number of nitrogens with zero attached hydrogens (tertiary/aromatic N) is 2. The van der Waals surface area contributed by atoms with Crippen LogP contribution in [-0.4, -0.2) is 27.8 Å². The lowest BCUT2D eigenvalue weighted by atomic mass is 10.1. The molecule has 0 saturated heterocycles. The Bertz CT molecular complexity index is 889. The van der Waals surface area contributed by atoms with Crippen molar-refractivity contribution in [2.45, 2.75) is 37.7 Å². The summed E-state index contributed by atoms with van der Waals surface area (Å²) in [5, 5.41) is 8.20. The second kappa shape index (κ2) is 8.86. The number of hydrogen-bond donors (Lipinski definition) is 0. The smallest absolute Gasteiger partial charge is 0.277 e. The molecule has 0 bridgehead atoms. The number of benzene rings is 2. The highest BCUT2D eigenvalue weighted by Gasteiger charge is 2.20. The molecule has 1 aromatic heterocycles. The van der Waals surface area contributed by atoms with Gasteiger partial charge in [-0.3, -0.25) is 4.79 Å². The molecule has 0 N–H and O–H groups in total. The highest BCUT2D eigenvalue weighted by Crippen LogP contribution is 2.28. The van der Waals surface area contributed by atoms with Crippen LogP contribution in [0.5, 0.6) is 5.75 Å². The van der Waals surface area contributed by atoms with Crippen LogP contribution in [0.3, 0.4) is 0 Å². The van der Waals surface area contributed by atoms with Crippen molar-refractivity contribution < 1.29 is 13.9 Å². The molecular weight excluding hydrogens is 360 g/mol. The summed E-state index contributed by atoms with van der Waals surface area (Å²) in [7, 11) is 0. The van der Waals surface area contributed by atoms with Crippen LogP contribution in [0.2, 0.25) is 0 Å². The molecule has 2 aromatic carbocycles. The van der Waals surface area contributed by atoms with E-state index in [0.29, 0.717) is 23.3 Å².